The Morgan fingerprint density at radius 1 is 1.38 bits per heavy atom. The molecule has 0 bridgehead atoms. The highest BCUT2D eigenvalue weighted by atomic mass is 79.9. The van der Waals surface area contributed by atoms with E-state index in [9.17, 15) is 0 Å². The number of hydrogen-bond acceptors (Lipinski definition) is 4. The molecule has 2 heterocycles. The minimum absolute atomic E-state index is 0.108. The number of hydrogen-bond donors (Lipinski definition) is 1. The summed E-state index contributed by atoms with van der Waals surface area (Å²) in [5, 5.41) is 12.6. The molecule has 0 saturated carbocycles. The van der Waals surface area contributed by atoms with E-state index in [0.717, 1.165) is 38.0 Å². The number of rotatable bonds is 4. The van der Waals surface area contributed by atoms with Gasteiger partial charge in [-0.1, -0.05) is 24.3 Å². The molecular weight excluding hydrogens is 400 g/mol. The first-order chi connectivity index (χ1) is 10.1. The lowest BCUT2D eigenvalue weighted by Crippen LogP contribution is -2.24. The van der Waals surface area contributed by atoms with Gasteiger partial charge in [-0.15, -0.1) is 5.10 Å². The summed E-state index contributed by atoms with van der Waals surface area (Å²) in [7, 11) is 1.87. The van der Waals surface area contributed by atoms with Crippen molar-refractivity contribution in [1.29, 1.82) is 0 Å². The van der Waals surface area contributed by atoms with Crippen LogP contribution in [-0.2, 0) is 7.05 Å². The molecule has 110 valence electrons. The van der Waals surface area contributed by atoms with Gasteiger partial charge in [0, 0.05) is 12.4 Å². The van der Waals surface area contributed by atoms with Crippen LogP contribution in [0.5, 0.6) is 0 Å². The molecule has 5 nitrogen and oxygen atoms in total. The number of benzene rings is 1. The zero-order valence-electron chi connectivity index (χ0n) is 11.6. The Balaban J connectivity index is 2.14. The zero-order valence-corrected chi connectivity index (χ0v) is 14.8. The van der Waals surface area contributed by atoms with Crippen LogP contribution in [0, 0.1) is 0 Å². The van der Waals surface area contributed by atoms with Crippen LogP contribution >= 0.6 is 31.9 Å². The Bertz CT molecular complexity index is 761. The van der Waals surface area contributed by atoms with Crippen molar-refractivity contribution in [3.05, 3.63) is 44.8 Å². The van der Waals surface area contributed by atoms with E-state index in [1.807, 2.05) is 31.3 Å². The molecule has 1 N–H and O–H groups in total. The van der Waals surface area contributed by atoms with E-state index in [1.165, 1.54) is 0 Å². The summed E-state index contributed by atoms with van der Waals surface area (Å²) in [4.78, 5) is 0. The summed E-state index contributed by atoms with van der Waals surface area (Å²) in [6, 6.07) is 7.94. The molecule has 0 radical (unpaired) electrons. The molecule has 0 fully saturated rings. The van der Waals surface area contributed by atoms with Crippen molar-refractivity contribution < 1.29 is 4.42 Å². The quantitative estimate of drug-likeness (QED) is 0.706. The molecule has 3 rings (SSSR count). The fourth-order valence-corrected chi connectivity index (χ4v) is 3.39. The van der Waals surface area contributed by atoms with Gasteiger partial charge < -0.3 is 9.73 Å². The topological polar surface area (TPSA) is 55.9 Å². The fraction of sp³-hybridized carbons (Fsp3) is 0.286. The fourth-order valence-electron chi connectivity index (χ4n) is 2.37. The van der Waals surface area contributed by atoms with Crippen molar-refractivity contribution in [3.63, 3.8) is 0 Å². The lowest BCUT2D eigenvalue weighted by Gasteiger charge is -2.15. The van der Waals surface area contributed by atoms with Crippen LogP contribution in [0.4, 0.5) is 0 Å². The Kier molecular flexibility index (Phi) is 4.14. The van der Waals surface area contributed by atoms with Crippen LogP contribution < -0.4 is 5.32 Å². The first-order valence-electron chi connectivity index (χ1n) is 6.58. The molecule has 21 heavy (non-hydrogen) atoms. The molecule has 0 spiro atoms. The summed E-state index contributed by atoms with van der Waals surface area (Å²) in [5.41, 5.74) is 1.79. The lowest BCUT2D eigenvalue weighted by atomic mass is 10.1. The van der Waals surface area contributed by atoms with E-state index in [-0.39, 0.29) is 6.04 Å². The molecule has 0 aliphatic rings. The number of nitrogens with zero attached hydrogens (tertiary/aromatic N) is 3. The molecule has 0 aliphatic heterocycles. The third kappa shape index (κ3) is 2.65. The average Bonchev–Trinajstić information content (AvgIpc) is 3.02. The first kappa shape index (κ1) is 14.7. The highest BCUT2D eigenvalue weighted by molar-refractivity contribution is 9.10. The van der Waals surface area contributed by atoms with Crippen molar-refractivity contribution in [2.45, 2.75) is 13.0 Å². The Morgan fingerprint density at radius 3 is 2.81 bits per heavy atom. The van der Waals surface area contributed by atoms with Gasteiger partial charge in [-0.25, -0.2) is 4.68 Å². The van der Waals surface area contributed by atoms with Gasteiger partial charge >= 0.3 is 0 Å². The van der Waals surface area contributed by atoms with Gasteiger partial charge in [0.1, 0.15) is 17.4 Å². The number of aryl methyl sites for hydroxylation is 1. The van der Waals surface area contributed by atoms with E-state index >= 15 is 0 Å². The van der Waals surface area contributed by atoms with Crippen molar-refractivity contribution >= 4 is 42.8 Å². The second-order valence-electron chi connectivity index (χ2n) is 4.69. The molecule has 1 unspecified atom stereocenters. The smallest absolute Gasteiger partial charge is 0.153 e. The van der Waals surface area contributed by atoms with Gasteiger partial charge in [-0.3, -0.25) is 0 Å². The monoisotopic (exact) mass is 412 g/mol. The van der Waals surface area contributed by atoms with Crippen molar-refractivity contribution in [1.82, 2.24) is 20.3 Å². The third-order valence-electron chi connectivity index (χ3n) is 3.31. The van der Waals surface area contributed by atoms with Crippen molar-refractivity contribution in [2.24, 2.45) is 7.05 Å². The Morgan fingerprint density at radius 2 is 2.19 bits per heavy atom. The molecule has 3 aromatic rings. The van der Waals surface area contributed by atoms with E-state index in [0.29, 0.717) is 0 Å². The van der Waals surface area contributed by atoms with Gasteiger partial charge in [0.05, 0.1) is 10.2 Å². The summed E-state index contributed by atoms with van der Waals surface area (Å²) in [6.07, 6.45) is 0. The lowest BCUT2D eigenvalue weighted by molar-refractivity contribution is 0.457. The van der Waals surface area contributed by atoms with Crippen molar-refractivity contribution in [2.75, 3.05) is 6.54 Å². The summed E-state index contributed by atoms with van der Waals surface area (Å²) in [5.74, 6) is 0.838. The summed E-state index contributed by atoms with van der Waals surface area (Å²) in [6.45, 7) is 2.86. The second-order valence-corrected chi connectivity index (χ2v) is 6.29. The van der Waals surface area contributed by atoms with Crippen LogP contribution in [0.25, 0.3) is 11.0 Å². The molecule has 2 aromatic heterocycles. The van der Waals surface area contributed by atoms with E-state index in [1.54, 1.807) is 4.68 Å². The third-order valence-corrected chi connectivity index (χ3v) is 4.50. The van der Waals surface area contributed by atoms with Gasteiger partial charge in [-0.05, 0) is 50.5 Å². The van der Waals surface area contributed by atoms with E-state index in [2.05, 4.69) is 54.4 Å². The maximum atomic E-state index is 6.05. The van der Waals surface area contributed by atoms with Crippen LogP contribution in [0.1, 0.15) is 24.4 Å². The zero-order chi connectivity index (χ0) is 15.0. The largest absolute Gasteiger partial charge is 0.458 e. The normalized spacial score (nSPS) is 13.0. The van der Waals surface area contributed by atoms with Crippen LogP contribution in [-0.4, -0.2) is 21.5 Å². The predicted molar refractivity (Wildman–Crippen MR) is 88.1 cm³/mol. The number of nitrogens with one attached hydrogen (secondary N) is 1. The maximum absolute atomic E-state index is 6.05. The van der Waals surface area contributed by atoms with Gasteiger partial charge in [0.15, 0.2) is 4.60 Å². The van der Waals surface area contributed by atoms with E-state index in [4.69, 9.17) is 4.42 Å². The number of furan rings is 1. The predicted octanol–water partition coefficient (Wildman–Crippen LogP) is 3.79. The van der Waals surface area contributed by atoms with Crippen LogP contribution in [0.2, 0.25) is 0 Å². The average molecular weight is 414 g/mol. The Labute approximate surface area is 139 Å². The molecule has 0 amide bonds. The number of halogens is 2. The molecular formula is C14H14Br2N4O. The second kappa shape index (κ2) is 5.90. The SMILES string of the molecule is CCNC(c1cc2cccc(Br)c2o1)c1c(Br)nnn1C. The van der Waals surface area contributed by atoms with Gasteiger partial charge in [-0.2, -0.15) is 0 Å². The highest BCUT2D eigenvalue weighted by Gasteiger charge is 2.24. The first-order valence-corrected chi connectivity index (χ1v) is 8.16. The van der Waals surface area contributed by atoms with Crippen molar-refractivity contribution in [3.8, 4) is 0 Å². The standard InChI is InChI=1S/C14H14Br2N4O/c1-3-17-11(12-14(16)18-19-20(12)2)10-7-8-5-4-6-9(15)13(8)21-10/h4-7,11,17H,3H2,1-2H3. The van der Waals surface area contributed by atoms with Crippen LogP contribution in [0.3, 0.4) is 0 Å². The van der Waals surface area contributed by atoms with Gasteiger partial charge in [0.25, 0.3) is 0 Å². The number of fused-ring (bicyclic) bond motifs is 1. The minimum atomic E-state index is -0.108. The molecule has 1 atom stereocenters. The van der Waals surface area contributed by atoms with E-state index < -0.39 is 0 Å². The number of aromatic nitrogens is 3. The summed E-state index contributed by atoms with van der Waals surface area (Å²) < 4.78 is 9.46. The molecule has 1 aromatic carbocycles. The van der Waals surface area contributed by atoms with Crippen LogP contribution in [0.15, 0.2) is 37.8 Å². The maximum Gasteiger partial charge on any atom is 0.153 e. The molecule has 0 saturated heterocycles. The number of para-hydroxylation sites is 1. The van der Waals surface area contributed by atoms with Gasteiger partial charge in [0.2, 0.25) is 0 Å². The minimum Gasteiger partial charge on any atom is -0.458 e. The molecule has 0 aliphatic carbocycles. The summed E-state index contributed by atoms with van der Waals surface area (Å²) >= 11 is 6.98. The Hall–Kier alpha value is -1.18. The highest BCUT2D eigenvalue weighted by Crippen LogP contribution is 2.33. The molecule has 7 heteroatoms.